The van der Waals surface area contributed by atoms with E-state index < -0.39 is 0 Å². The lowest BCUT2D eigenvalue weighted by Crippen LogP contribution is -2.20. The Hall–Kier alpha value is -4.69. The summed E-state index contributed by atoms with van der Waals surface area (Å²) in [4.78, 5) is 10.2. The molecule has 212 valence electrons. The lowest BCUT2D eigenvalue weighted by atomic mass is 9.96. The van der Waals surface area contributed by atoms with Crippen LogP contribution >= 0.6 is 0 Å². The molecule has 0 aliphatic rings. The van der Waals surface area contributed by atoms with E-state index in [9.17, 15) is 4.39 Å². The fourth-order valence-electron chi connectivity index (χ4n) is 4.61. The van der Waals surface area contributed by atoms with Crippen molar-refractivity contribution in [1.82, 2.24) is 25.1 Å². The average molecular weight is 552 g/mol. The number of nitrogens with one attached hydrogen (secondary N) is 3. The van der Waals surface area contributed by atoms with Gasteiger partial charge < -0.3 is 20.9 Å². The van der Waals surface area contributed by atoms with E-state index in [1.54, 1.807) is 18.3 Å². The molecule has 0 radical (unpaired) electrons. The molecule has 0 aliphatic carbocycles. The Morgan fingerprint density at radius 3 is 2.66 bits per heavy atom. The van der Waals surface area contributed by atoms with E-state index in [4.69, 9.17) is 5.73 Å². The Balaban J connectivity index is 1.77. The Bertz CT molecular complexity index is 1660. The summed E-state index contributed by atoms with van der Waals surface area (Å²) in [6.07, 6.45) is 13.2. The molecule has 8 heteroatoms. The maximum absolute atomic E-state index is 14.8. The maximum atomic E-state index is 14.8. The van der Waals surface area contributed by atoms with Gasteiger partial charge >= 0.3 is 0 Å². The number of benzene rings is 1. The molecule has 5 N–H and O–H groups in total. The molecular formula is C33H38FN7. The number of anilines is 1. The van der Waals surface area contributed by atoms with Crippen molar-refractivity contribution in [3.63, 3.8) is 0 Å². The van der Waals surface area contributed by atoms with E-state index in [-0.39, 0.29) is 5.82 Å². The van der Waals surface area contributed by atoms with Gasteiger partial charge in [-0.15, -0.1) is 0 Å². The van der Waals surface area contributed by atoms with Crippen LogP contribution in [0, 0.1) is 12.7 Å². The molecule has 3 heterocycles. The highest BCUT2D eigenvalue weighted by Gasteiger charge is 2.17. The average Bonchev–Trinajstić information content (AvgIpc) is 3.54. The zero-order valence-electron chi connectivity index (χ0n) is 24.3. The fraction of sp³-hybridized carbons (Fsp3) is 0.212. The van der Waals surface area contributed by atoms with Crippen molar-refractivity contribution < 1.29 is 4.39 Å². The molecule has 7 nitrogen and oxygen atoms in total. The topological polar surface area (TPSA) is 98.7 Å². The summed E-state index contributed by atoms with van der Waals surface area (Å²) >= 11 is 0. The van der Waals surface area contributed by atoms with E-state index in [0.29, 0.717) is 17.9 Å². The third-order valence-electron chi connectivity index (χ3n) is 6.74. The Morgan fingerprint density at radius 2 is 1.95 bits per heavy atom. The van der Waals surface area contributed by atoms with Crippen LogP contribution in [-0.4, -0.2) is 52.3 Å². The molecule has 41 heavy (non-hydrogen) atoms. The summed E-state index contributed by atoms with van der Waals surface area (Å²) in [5, 5.41) is 11.8. The van der Waals surface area contributed by atoms with Crippen LogP contribution in [-0.2, 0) is 0 Å². The quantitative estimate of drug-likeness (QED) is 0.153. The SMILES string of the molecule is C=C/C(N)=C\C(=C/C)c1cnc2n[nH]c(-c3cc(/C(=C\C=C/C)c4cc(F)cc(NCCN(C)C)c4)c(C)[nH]3)c2c1. The number of rotatable bonds is 11. The van der Waals surface area contributed by atoms with Gasteiger partial charge in [0.15, 0.2) is 5.65 Å². The van der Waals surface area contributed by atoms with E-state index in [1.165, 1.54) is 6.07 Å². The smallest absolute Gasteiger partial charge is 0.181 e. The van der Waals surface area contributed by atoms with Crippen molar-refractivity contribution in [3.8, 4) is 11.4 Å². The molecule has 4 aromatic rings. The van der Waals surface area contributed by atoms with E-state index in [1.807, 2.05) is 77.4 Å². The van der Waals surface area contributed by atoms with Crippen LogP contribution in [0.3, 0.4) is 0 Å². The number of halogens is 1. The lowest BCUT2D eigenvalue weighted by molar-refractivity contribution is 0.425. The van der Waals surface area contributed by atoms with Crippen molar-refractivity contribution in [1.29, 1.82) is 0 Å². The molecule has 0 saturated heterocycles. The molecule has 3 aromatic heterocycles. The van der Waals surface area contributed by atoms with Gasteiger partial charge in [0.1, 0.15) is 5.82 Å². The van der Waals surface area contributed by atoms with Gasteiger partial charge in [-0.05, 0) is 94.1 Å². The van der Waals surface area contributed by atoms with Crippen LogP contribution in [0.15, 0.2) is 85.3 Å². The number of aromatic nitrogens is 4. The normalized spacial score (nSPS) is 13.1. The molecule has 0 amide bonds. The minimum Gasteiger partial charge on any atom is -0.399 e. The van der Waals surface area contributed by atoms with Crippen molar-refractivity contribution in [2.45, 2.75) is 20.8 Å². The largest absolute Gasteiger partial charge is 0.399 e. The minimum absolute atomic E-state index is 0.293. The van der Waals surface area contributed by atoms with E-state index in [2.05, 4.69) is 43.0 Å². The second-order valence-electron chi connectivity index (χ2n) is 10.1. The first-order valence-corrected chi connectivity index (χ1v) is 13.6. The summed E-state index contributed by atoms with van der Waals surface area (Å²) in [5.74, 6) is -0.293. The number of fused-ring (bicyclic) bond motifs is 1. The number of likely N-dealkylation sites (N-methyl/N-ethyl adjacent to an activating group) is 1. The molecule has 0 atom stereocenters. The standard InChI is InChI=1S/C33H38FN7/c1-7-10-11-28(23-14-25(34)18-27(16-23)36-12-13-41(5)6)29-19-31(38-21(29)4)32-30-17-24(20-37-33(30)40-39-32)22(8-2)15-26(35)9-3/h7-11,14-20,36,38H,3,12-13,35H2,1-2,4-6H3,(H,37,39,40)/b10-7-,22-8+,26-15+,28-11-. The molecule has 0 saturated carbocycles. The van der Waals surface area contributed by atoms with Crippen molar-refractivity contribution >= 4 is 27.9 Å². The highest BCUT2D eigenvalue weighted by atomic mass is 19.1. The van der Waals surface area contributed by atoms with Gasteiger partial charge in [-0.25, -0.2) is 9.37 Å². The maximum Gasteiger partial charge on any atom is 0.181 e. The number of allylic oxidation sites excluding steroid dienone is 7. The van der Waals surface area contributed by atoms with Crippen LogP contribution in [0.2, 0.25) is 0 Å². The summed E-state index contributed by atoms with van der Waals surface area (Å²) in [6.45, 7) is 11.2. The second-order valence-corrected chi connectivity index (χ2v) is 10.1. The monoisotopic (exact) mass is 551 g/mol. The summed E-state index contributed by atoms with van der Waals surface area (Å²) in [5.41, 5.74) is 15.0. The second kappa shape index (κ2) is 13.1. The van der Waals surface area contributed by atoms with Crippen LogP contribution in [0.4, 0.5) is 10.1 Å². The van der Waals surface area contributed by atoms with Crippen LogP contribution < -0.4 is 11.1 Å². The van der Waals surface area contributed by atoms with Gasteiger partial charge in [0.2, 0.25) is 0 Å². The molecule has 4 rings (SSSR count). The van der Waals surface area contributed by atoms with Gasteiger partial charge in [0.25, 0.3) is 0 Å². The van der Waals surface area contributed by atoms with Gasteiger partial charge in [0, 0.05) is 52.9 Å². The molecule has 1 aromatic carbocycles. The first-order valence-electron chi connectivity index (χ1n) is 13.6. The number of H-pyrrole nitrogens is 2. The van der Waals surface area contributed by atoms with Gasteiger partial charge in [-0.3, -0.25) is 5.10 Å². The van der Waals surface area contributed by atoms with Crippen LogP contribution in [0.25, 0.3) is 33.6 Å². The Kier molecular flexibility index (Phi) is 9.37. The minimum atomic E-state index is -0.293. The summed E-state index contributed by atoms with van der Waals surface area (Å²) < 4.78 is 14.8. The van der Waals surface area contributed by atoms with E-state index in [0.717, 1.165) is 62.5 Å². The van der Waals surface area contributed by atoms with Crippen LogP contribution in [0.1, 0.15) is 36.2 Å². The van der Waals surface area contributed by atoms with Crippen molar-refractivity contribution in [2.75, 3.05) is 32.5 Å². The molecule has 0 spiro atoms. The third kappa shape index (κ3) is 6.91. The molecule has 0 bridgehead atoms. The van der Waals surface area contributed by atoms with Crippen LogP contribution in [0.5, 0.6) is 0 Å². The van der Waals surface area contributed by atoms with Crippen molar-refractivity contribution in [3.05, 3.63) is 113 Å². The number of hydrogen-bond acceptors (Lipinski definition) is 5. The summed E-state index contributed by atoms with van der Waals surface area (Å²) in [6, 6.07) is 9.21. The highest BCUT2D eigenvalue weighted by molar-refractivity contribution is 5.94. The van der Waals surface area contributed by atoms with E-state index >= 15 is 0 Å². The van der Waals surface area contributed by atoms with Crippen molar-refractivity contribution in [2.24, 2.45) is 5.73 Å². The molecule has 0 aliphatic heterocycles. The zero-order chi connectivity index (χ0) is 29.5. The number of nitrogens with two attached hydrogens (primary N) is 1. The Labute approximate surface area is 241 Å². The zero-order valence-corrected chi connectivity index (χ0v) is 24.3. The predicted octanol–water partition coefficient (Wildman–Crippen LogP) is 6.81. The highest BCUT2D eigenvalue weighted by Crippen LogP contribution is 2.34. The molecule has 0 fully saturated rings. The number of aryl methyl sites for hydroxylation is 1. The molecule has 0 unspecified atom stereocenters. The van der Waals surface area contributed by atoms with Gasteiger partial charge in [-0.1, -0.05) is 30.9 Å². The predicted molar refractivity (Wildman–Crippen MR) is 170 cm³/mol. The molecular weight excluding hydrogens is 513 g/mol. The van der Waals surface area contributed by atoms with Gasteiger partial charge in [-0.2, -0.15) is 5.10 Å². The lowest BCUT2D eigenvalue weighted by Gasteiger charge is -2.14. The third-order valence-corrected chi connectivity index (χ3v) is 6.74. The first-order chi connectivity index (χ1) is 19.7. The number of nitrogens with zero attached hydrogens (tertiary/aromatic N) is 3. The first kappa shape index (κ1) is 29.3. The number of pyridine rings is 1. The Morgan fingerprint density at radius 1 is 1.15 bits per heavy atom. The number of hydrogen-bond donors (Lipinski definition) is 4. The van der Waals surface area contributed by atoms with Gasteiger partial charge in [0.05, 0.1) is 11.4 Å². The summed E-state index contributed by atoms with van der Waals surface area (Å²) in [7, 11) is 4.02. The number of aromatic amines is 2. The fourth-order valence-corrected chi connectivity index (χ4v) is 4.61.